The van der Waals surface area contributed by atoms with Crippen LogP contribution in [-0.4, -0.2) is 0 Å². The predicted molar refractivity (Wildman–Crippen MR) is 68.8 cm³/mol. The van der Waals surface area contributed by atoms with Crippen molar-refractivity contribution in [2.75, 3.05) is 0 Å². The number of rotatable bonds is 8. The molecular weight excluding hydrogens is 168 g/mol. The first kappa shape index (κ1) is 16.2. The summed E-state index contributed by atoms with van der Waals surface area (Å²) in [6.45, 7) is 10.3. The van der Waals surface area contributed by atoms with Gasteiger partial charge in [-0.3, -0.25) is 0 Å². The second-order valence-electron chi connectivity index (χ2n) is 3.85. The van der Waals surface area contributed by atoms with Crippen LogP contribution in [0, 0.1) is 0 Å². The molecule has 86 valence electrons. The average Bonchev–Trinajstić information content (AvgIpc) is 2.22. The van der Waals surface area contributed by atoms with Gasteiger partial charge in [0.1, 0.15) is 0 Å². The number of allylic oxidation sites excluding steroid dienone is 1. The van der Waals surface area contributed by atoms with E-state index in [-0.39, 0.29) is 0 Å². The summed E-state index contributed by atoms with van der Waals surface area (Å²) in [7, 11) is 0. The molecule has 0 saturated heterocycles. The van der Waals surface area contributed by atoms with Gasteiger partial charge in [-0.2, -0.15) is 0 Å². The fourth-order valence-electron chi connectivity index (χ4n) is 1.20. The molecule has 0 saturated carbocycles. The maximum absolute atomic E-state index is 3.60. The molecule has 0 atom stereocenters. The number of unbranched alkanes of at least 4 members (excludes halogenated alkanes) is 7. The van der Waals surface area contributed by atoms with Crippen molar-refractivity contribution in [2.24, 2.45) is 0 Å². The third-order valence-electron chi connectivity index (χ3n) is 2.22. The summed E-state index contributed by atoms with van der Waals surface area (Å²) in [6.07, 6.45) is 14.2. The van der Waals surface area contributed by atoms with E-state index in [1.54, 1.807) is 0 Å². The average molecular weight is 198 g/mol. The Morgan fingerprint density at radius 3 is 1.36 bits per heavy atom. The third kappa shape index (κ3) is 22.6. The van der Waals surface area contributed by atoms with Crippen LogP contribution in [0.25, 0.3) is 0 Å². The Labute approximate surface area is 91.8 Å². The lowest BCUT2D eigenvalue weighted by atomic mass is 10.1. The van der Waals surface area contributed by atoms with E-state index in [4.69, 9.17) is 0 Å². The topological polar surface area (TPSA) is 0 Å². The van der Waals surface area contributed by atoms with E-state index < -0.39 is 0 Å². The molecule has 0 aromatic heterocycles. The fourth-order valence-corrected chi connectivity index (χ4v) is 1.20. The van der Waals surface area contributed by atoms with E-state index in [9.17, 15) is 0 Å². The molecule has 0 rings (SSSR count). The Balaban J connectivity index is 0. The van der Waals surface area contributed by atoms with E-state index in [2.05, 4.69) is 27.4 Å². The van der Waals surface area contributed by atoms with E-state index >= 15 is 0 Å². The highest BCUT2D eigenvalue weighted by Gasteiger charge is 1.83. The highest BCUT2D eigenvalue weighted by Crippen LogP contribution is 2.03. The quantitative estimate of drug-likeness (QED) is 0.345. The lowest BCUT2D eigenvalue weighted by Crippen LogP contribution is -1.73. The Morgan fingerprint density at radius 1 is 0.714 bits per heavy atom. The molecule has 14 heavy (non-hydrogen) atoms. The molecule has 0 N–H and O–H groups in total. The van der Waals surface area contributed by atoms with Gasteiger partial charge in [-0.05, 0) is 6.42 Å². The van der Waals surface area contributed by atoms with Crippen LogP contribution in [0.15, 0.2) is 12.7 Å². The summed E-state index contributed by atoms with van der Waals surface area (Å²) in [4.78, 5) is 0. The highest BCUT2D eigenvalue weighted by molar-refractivity contribution is 4.64. The molecule has 0 aromatic rings. The van der Waals surface area contributed by atoms with Crippen molar-refractivity contribution in [3.63, 3.8) is 0 Å². The second-order valence-corrected chi connectivity index (χ2v) is 3.85. The van der Waals surface area contributed by atoms with Gasteiger partial charge in [-0.15, -0.1) is 6.58 Å². The second kappa shape index (κ2) is 18.5. The van der Waals surface area contributed by atoms with Gasteiger partial charge >= 0.3 is 0 Å². The first-order valence-electron chi connectivity index (χ1n) is 6.44. The lowest BCUT2D eigenvalue weighted by Gasteiger charge is -1.93. The lowest BCUT2D eigenvalue weighted by molar-refractivity contribution is 0.624. The summed E-state index contributed by atoms with van der Waals surface area (Å²) in [5.41, 5.74) is 0. The van der Waals surface area contributed by atoms with Crippen molar-refractivity contribution in [1.82, 2.24) is 0 Å². The zero-order valence-electron chi connectivity index (χ0n) is 10.6. The van der Waals surface area contributed by atoms with E-state index in [1.165, 1.54) is 57.8 Å². The zero-order valence-corrected chi connectivity index (χ0v) is 10.6. The van der Waals surface area contributed by atoms with E-state index in [0.717, 1.165) is 0 Å². The maximum atomic E-state index is 3.60. The van der Waals surface area contributed by atoms with E-state index in [0.29, 0.717) is 0 Å². The molecule has 0 unspecified atom stereocenters. The van der Waals surface area contributed by atoms with Crippen LogP contribution in [0.3, 0.4) is 0 Å². The molecule has 0 aliphatic carbocycles. The smallest absolute Gasteiger partial charge is 0.0354 e. The van der Waals surface area contributed by atoms with Gasteiger partial charge in [0.25, 0.3) is 0 Å². The van der Waals surface area contributed by atoms with Crippen LogP contribution in [0.2, 0.25) is 0 Å². The molecule has 0 nitrogen and oxygen atoms in total. The summed E-state index contributed by atoms with van der Waals surface area (Å²) in [5, 5.41) is 0. The summed E-state index contributed by atoms with van der Waals surface area (Å²) in [6, 6.07) is 0. The van der Waals surface area contributed by atoms with Crippen LogP contribution < -0.4 is 0 Å². The molecule has 0 spiro atoms. The van der Waals surface area contributed by atoms with Gasteiger partial charge in [0.2, 0.25) is 0 Å². The number of hydrogen-bond acceptors (Lipinski definition) is 0. The third-order valence-corrected chi connectivity index (χ3v) is 2.22. The molecule has 0 fully saturated rings. The molecule has 0 aromatic carbocycles. The van der Waals surface area contributed by atoms with Crippen LogP contribution >= 0.6 is 0 Å². The van der Waals surface area contributed by atoms with Crippen LogP contribution in [0.4, 0.5) is 0 Å². The van der Waals surface area contributed by atoms with Crippen molar-refractivity contribution >= 4 is 0 Å². The zero-order chi connectivity index (χ0) is 11.1. The van der Waals surface area contributed by atoms with Crippen LogP contribution in [0.5, 0.6) is 0 Å². The minimum atomic E-state index is 1.18. The molecule has 0 aliphatic rings. The maximum Gasteiger partial charge on any atom is -0.0354 e. The van der Waals surface area contributed by atoms with Gasteiger partial charge in [-0.25, -0.2) is 0 Å². The van der Waals surface area contributed by atoms with Gasteiger partial charge in [0.05, 0.1) is 0 Å². The van der Waals surface area contributed by atoms with Crippen molar-refractivity contribution in [3.8, 4) is 0 Å². The predicted octanol–water partition coefficient (Wildman–Crippen LogP) is 5.73. The van der Waals surface area contributed by atoms with Crippen molar-refractivity contribution < 1.29 is 0 Å². The Kier molecular flexibility index (Phi) is 21.4. The summed E-state index contributed by atoms with van der Waals surface area (Å²) < 4.78 is 0. The molecule has 0 bridgehead atoms. The Bertz CT molecular complexity index is 78.0. The first-order valence-corrected chi connectivity index (χ1v) is 6.44. The van der Waals surface area contributed by atoms with E-state index in [1.807, 2.05) is 6.08 Å². The van der Waals surface area contributed by atoms with Crippen molar-refractivity contribution in [3.05, 3.63) is 12.7 Å². The van der Waals surface area contributed by atoms with Gasteiger partial charge in [0.15, 0.2) is 0 Å². The summed E-state index contributed by atoms with van der Waals surface area (Å²) in [5.74, 6) is 0. The normalized spacial score (nSPS) is 9.07. The van der Waals surface area contributed by atoms with Crippen molar-refractivity contribution in [2.45, 2.75) is 78.6 Å². The molecule has 0 amide bonds. The highest BCUT2D eigenvalue weighted by atomic mass is 13.9. The molecular formula is C14H30. The SMILES string of the molecule is C=CCCCC.CCCCCCCC. The number of hydrogen-bond donors (Lipinski definition) is 0. The molecule has 0 heterocycles. The fraction of sp³-hybridized carbons (Fsp3) is 0.857. The van der Waals surface area contributed by atoms with Crippen LogP contribution in [0.1, 0.15) is 78.6 Å². The summed E-state index contributed by atoms with van der Waals surface area (Å²) >= 11 is 0. The van der Waals surface area contributed by atoms with Crippen molar-refractivity contribution in [1.29, 1.82) is 0 Å². The van der Waals surface area contributed by atoms with Gasteiger partial charge in [-0.1, -0.05) is 78.2 Å². The van der Waals surface area contributed by atoms with Crippen LogP contribution in [-0.2, 0) is 0 Å². The molecule has 0 aliphatic heterocycles. The van der Waals surface area contributed by atoms with Gasteiger partial charge in [0, 0.05) is 0 Å². The molecule has 0 radical (unpaired) electrons. The largest absolute Gasteiger partial charge is 0.103 e. The first-order chi connectivity index (χ1) is 6.83. The Morgan fingerprint density at radius 2 is 1.14 bits per heavy atom. The molecule has 0 heteroatoms. The minimum Gasteiger partial charge on any atom is -0.103 e. The monoisotopic (exact) mass is 198 g/mol. The van der Waals surface area contributed by atoms with Gasteiger partial charge < -0.3 is 0 Å². The minimum absolute atomic E-state index is 1.18. The Hall–Kier alpha value is -0.260. The standard InChI is InChI=1S/C8H18.C6H12/c1-3-5-7-8-6-4-2;1-3-5-6-4-2/h3-8H2,1-2H3;3H,1,4-6H2,2H3.